The van der Waals surface area contributed by atoms with E-state index in [0.717, 1.165) is 4.90 Å². The molecule has 9 nitrogen and oxygen atoms in total. The molecule has 1 aliphatic heterocycles. The number of piperidine rings is 1. The van der Waals surface area contributed by atoms with Crippen LogP contribution in [0.2, 0.25) is 0 Å². The molecule has 2 N–H and O–H groups in total. The molecule has 0 aliphatic carbocycles. The first-order chi connectivity index (χ1) is 13.4. The number of carbonyl (C=O) groups is 4. The van der Waals surface area contributed by atoms with Crippen LogP contribution >= 0.6 is 0 Å². The molecule has 1 aliphatic rings. The Morgan fingerprint density at radius 3 is 2.21 bits per heavy atom. The van der Waals surface area contributed by atoms with Crippen LogP contribution in [0, 0.1) is 5.92 Å². The topological polar surface area (TPSA) is 112 Å². The fraction of sp³-hybridized carbons (Fsp3) is 0.474. The van der Waals surface area contributed by atoms with Crippen molar-refractivity contribution in [3.05, 3.63) is 29.3 Å². The number of quaternary nitrogens is 1. The molecule has 0 atom stereocenters. The van der Waals surface area contributed by atoms with Gasteiger partial charge in [0.25, 0.3) is 5.91 Å². The molecule has 1 aromatic carbocycles. The normalized spacial score (nSPS) is 18.7. The first-order valence-electron chi connectivity index (χ1n) is 8.91. The van der Waals surface area contributed by atoms with Crippen LogP contribution in [0.4, 0.5) is 5.69 Å². The summed E-state index contributed by atoms with van der Waals surface area (Å²) in [5.74, 6) is -1.86. The molecular weight excluding hydrogens is 368 g/mol. The van der Waals surface area contributed by atoms with Crippen molar-refractivity contribution >= 4 is 29.5 Å². The summed E-state index contributed by atoms with van der Waals surface area (Å²) in [6.45, 7) is 1.51. The molecule has 1 amide bonds. The number of hydrogen-bond acceptors (Lipinski definition) is 7. The number of anilines is 1. The van der Waals surface area contributed by atoms with Crippen molar-refractivity contribution in [1.82, 2.24) is 0 Å². The summed E-state index contributed by atoms with van der Waals surface area (Å²) in [5, 5.41) is 2.68. The Hall–Kier alpha value is -2.94. The summed E-state index contributed by atoms with van der Waals surface area (Å²) in [7, 11) is 3.85. The minimum atomic E-state index is -0.627. The highest BCUT2D eigenvalue weighted by molar-refractivity contribution is 6.03. The van der Waals surface area contributed by atoms with Crippen LogP contribution in [-0.4, -0.2) is 64.8 Å². The van der Waals surface area contributed by atoms with E-state index in [1.54, 1.807) is 0 Å². The molecule has 2 rings (SSSR count). The maximum Gasteiger partial charge on any atom is 0.339 e. The molecule has 0 aromatic heterocycles. The third kappa shape index (κ3) is 5.29. The minimum absolute atomic E-state index is 0.125. The number of carbonyl (C=O) groups excluding carboxylic acids is 4. The molecule has 1 fully saturated rings. The highest BCUT2D eigenvalue weighted by Gasteiger charge is 2.29. The second-order valence-corrected chi connectivity index (χ2v) is 6.52. The smallest absolute Gasteiger partial charge is 0.339 e. The number of hydrogen-bond donors (Lipinski definition) is 2. The van der Waals surface area contributed by atoms with Gasteiger partial charge in [0.2, 0.25) is 0 Å². The summed E-state index contributed by atoms with van der Waals surface area (Å²) in [5.41, 5.74) is 0.531. The summed E-state index contributed by atoms with van der Waals surface area (Å²) in [4.78, 5) is 48.8. The Morgan fingerprint density at radius 2 is 1.64 bits per heavy atom. The van der Waals surface area contributed by atoms with E-state index < -0.39 is 11.9 Å². The zero-order chi connectivity index (χ0) is 20.7. The summed E-state index contributed by atoms with van der Waals surface area (Å²) < 4.78 is 14.2. The summed E-state index contributed by atoms with van der Waals surface area (Å²) in [6, 6.07) is 4.22. The Kier molecular flexibility index (Phi) is 7.51. The van der Waals surface area contributed by atoms with Gasteiger partial charge in [-0.05, 0) is 18.2 Å². The van der Waals surface area contributed by atoms with Crippen LogP contribution in [0.3, 0.4) is 0 Å². The molecule has 1 heterocycles. The van der Waals surface area contributed by atoms with Gasteiger partial charge < -0.3 is 24.4 Å². The monoisotopic (exact) mass is 393 g/mol. The predicted molar refractivity (Wildman–Crippen MR) is 98.1 cm³/mol. The second kappa shape index (κ2) is 9.84. The van der Waals surface area contributed by atoms with Crippen LogP contribution < -0.4 is 10.2 Å². The molecule has 0 saturated carbocycles. The predicted octanol–water partition coefficient (Wildman–Crippen LogP) is -0.334. The van der Waals surface area contributed by atoms with Crippen LogP contribution in [0.15, 0.2) is 18.2 Å². The standard InChI is InChI=1S/C19H24N2O7/c1-26-17(23)12-6-8-21(9-7-12)11-16(22)20-15-10-13(18(24)27-2)4-5-14(15)19(25)28-3/h4-5,10,12H,6-9,11H2,1-3H3,(H,20,22)/p+1. The average molecular weight is 393 g/mol. The fourth-order valence-electron chi connectivity index (χ4n) is 3.21. The van der Waals surface area contributed by atoms with Gasteiger partial charge in [-0.25, -0.2) is 9.59 Å². The van der Waals surface area contributed by atoms with E-state index >= 15 is 0 Å². The number of amides is 1. The van der Waals surface area contributed by atoms with Gasteiger partial charge in [0.05, 0.1) is 57.2 Å². The SMILES string of the molecule is COC(=O)c1ccc(C(=O)OC)c(NC(=O)C[NH+]2CCC(C(=O)OC)CC2)c1. The maximum absolute atomic E-state index is 12.5. The van der Waals surface area contributed by atoms with E-state index in [9.17, 15) is 19.2 Å². The van der Waals surface area contributed by atoms with E-state index in [4.69, 9.17) is 9.47 Å². The minimum Gasteiger partial charge on any atom is -0.469 e. The number of esters is 3. The van der Waals surface area contributed by atoms with E-state index in [1.165, 1.54) is 39.5 Å². The van der Waals surface area contributed by atoms with Gasteiger partial charge >= 0.3 is 17.9 Å². The van der Waals surface area contributed by atoms with Gasteiger partial charge in [0.1, 0.15) is 0 Å². The summed E-state index contributed by atoms with van der Waals surface area (Å²) >= 11 is 0. The van der Waals surface area contributed by atoms with Gasteiger partial charge in [-0.1, -0.05) is 0 Å². The Labute approximate surface area is 162 Å². The third-order valence-corrected chi connectivity index (χ3v) is 4.76. The van der Waals surface area contributed by atoms with Crippen LogP contribution in [-0.2, 0) is 23.8 Å². The molecule has 0 unspecified atom stereocenters. The van der Waals surface area contributed by atoms with Gasteiger partial charge in [0, 0.05) is 12.8 Å². The lowest BCUT2D eigenvalue weighted by molar-refractivity contribution is -0.897. The Morgan fingerprint density at radius 1 is 1.00 bits per heavy atom. The van der Waals surface area contributed by atoms with E-state index in [2.05, 4.69) is 10.1 Å². The molecule has 0 spiro atoms. The molecule has 0 bridgehead atoms. The lowest BCUT2D eigenvalue weighted by Crippen LogP contribution is -3.14. The van der Waals surface area contributed by atoms with Gasteiger partial charge in [-0.3, -0.25) is 9.59 Å². The lowest BCUT2D eigenvalue weighted by Gasteiger charge is -2.27. The number of methoxy groups -OCH3 is 3. The Bertz CT molecular complexity index is 755. The zero-order valence-corrected chi connectivity index (χ0v) is 16.2. The van der Waals surface area contributed by atoms with Crippen molar-refractivity contribution in [2.24, 2.45) is 5.92 Å². The van der Waals surface area contributed by atoms with Crippen molar-refractivity contribution in [3.8, 4) is 0 Å². The quantitative estimate of drug-likeness (QED) is 0.503. The zero-order valence-electron chi connectivity index (χ0n) is 16.2. The lowest BCUT2D eigenvalue weighted by atomic mass is 9.97. The van der Waals surface area contributed by atoms with E-state index in [0.29, 0.717) is 25.9 Å². The summed E-state index contributed by atoms with van der Waals surface area (Å²) in [6.07, 6.45) is 1.31. The van der Waals surface area contributed by atoms with Crippen LogP contribution in [0.5, 0.6) is 0 Å². The number of likely N-dealkylation sites (tertiary alicyclic amines) is 1. The van der Waals surface area contributed by atoms with Crippen molar-refractivity contribution in [1.29, 1.82) is 0 Å². The van der Waals surface area contributed by atoms with Crippen molar-refractivity contribution in [3.63, 3.8) is 0 Å². The number of nitrogens with one attached hydrogen (secondary N) is 2. The van der Waals surface area contributed by atoms with Gasteiger partial charge in [0.15, 0.2) is 6.54 Å². The van der Waals surface area contributed by atoms with Crippen molar-refractivity contribution in [2.45, 2.75) is 12.8 Å². The largest absolute Gasteiger partial charge is 0.469 e. The molecule has 1 aromatic rings. The average Bonchev–Trinajstić information content (AvgIpc) is 2.72. The second-order valence-electron chi connectivity index (χ2n) is 6.52. The van der Waals surface area contributed by atoms with Crippen LogP contribution in [0.1, 0.15) is 33.6 Å². The Balaban J connectivity index is 2.05. The van der Waals surface area contributed by atoms with Crippen molar-refractivity contribution < 1.29 is 38.3 Å². The first kappa shape index (κ1) is 21.4. The van der Waals surface area contributed by atoms with Crippen LogP contribution in [0.25, 0.3) is 0 Å². The number of ether oxygens (including phenoxy) is 3. The highest BCUT2D eigenvalue weighted by Crippen LogP contribution is 2.19. The van der Waals surface area contributed by atoms with E-state index in [1.807, 2.05) is 0 Å². The van der Waals surface area contributed by atoms with Gasteiger partial charge in [-0.15, -0.1) is 0 Å². The van der Waals surface area contributed by atoms with E-state index in [-0.39, 0.29) is 41.2 Å². The fourth-order valence-corrected chi connectivity index (χ4v) is 3.21. The maximum atomic E-state index is 12.5. The molecule has 0 radical (unpaired) electrons. The molecule has 152 valence electrons. The first-order valence-corrected chi connectivity index (χ1v) is 8.91. The number of rotatable bonds is 6. The van der Waals surface area contributed by atoms with Gasteiger partial charge in [-0.2, -0.15) is 0 Å². The molecule has 9 heteroatoms. The third-order valence-electron chi connectivity index (χ3n) is 4.76. The van der Waals surface area contributed by atoms with Crippen molar-refractivity contribution in [2.75, 3.05) is 46.3 Å². The molecular formula is C19H25N2O7+. The number of benzene rings is 1. The molecule has 1 saturated heterocycles. The highest BCUT2D eigenvalue weighted by atomic mass is 16.5. The molecule has 28 heavy (non-hydrogen) atoms.